The summed E-state index contributed by atoms with van der Waals surface area (Å²) in [7, 11) is 0. The first-order valence-electron chi connectivity index (χ1n) is 9.37. The van der Waals surface area contributed by atoms with E-state index < -0.39 is 0 Å². The second-order valence-corrected chi connectivity index (χ2v) is 7.54. The number of aromatic nitrogens is 2. The summed E-state index contributed by atoms with van der Waals surface area (Å²) >= 11 is 5.95. The van der Waals surface area contributed by atoms with E-state index in [2.05, 4.69) is 32.0 Å². The Labute approximate surface area is 163 Å². The Kier molecular flexibility index (Phi) is 6.46. The summed E-state index contributed by atoms with van der Waals surface area (Å²) < 4.78 is 0. The van der Waals surface area contributed by atoms with E-state index in [0.29, 0.717) is 34.8 Å². The van der Waals surface area contributed by atoms with Crippen LogP contribution in [0.25, 0.3) is 10.9 Å². The number of hydrogen-bond acceptors (Lipinski definition) is 5. The van der Waals surface area contributed by atoms with Crippen molar-refractivity contribution < 1.29 is 4.79 Å². The molecule has 1 saturated heterocycles. The second-order valence-electron chi connectivity index (χ2n) is 7.10. The van der Waals surface area contributed by atoms with Crippen LogP contribution in [0.1, 0.15) is 26.1 Å². The maximum Gasteiger partial charge on any atom is 0.258 e. The standard InChI is InChI=1S/C19H26ClN5O2/c1-3-13(2)21-18(26)12-25-8-6-24(7-9-25)11-17-22-16-5-4-14(20)10-15(16)19(27)23-17/h4-5,10,13H,3,6-9,11-12H2,1-2H3,(H,21,26)(H,22,23,27)/t13-/m0/s1. The molecule has 2 heterocycles. The molecule has 0 bridgehead atoms. The SMILES string of the molecule is CC[C@H](C)NC(=O)CN1CCN(Cc2nc3ccc(Cl)cc3c(=O)[nH]2)CC1. The van der Waals surface area contributed by atoms with Crippen molar-refractivity contribution in [3.8, 4) is 0 Å². The lowest BCUT2D eigenvalue weighted by molar-refractivity contribution is -0.123. The minimum atomic E-state index is -0.169. The molecule has 27 heavy (non-hydrogen) atoms. The Bertz CT molecular complexity index is 861. The predicted octanol–water partition coefficient (Wildman–Crippen LogP) is 1.61. The van der Waals surface area contributed by atoms with E-state index in [1.165, 1.54) is 0 Å². The van der Waals surface area contributed by atoms with Gasteiger partial charge in [0.1, 0.15) is 5.82 Å². The molecule has 1 aromatic carbocycles. The molecule has 146 valence electrons. The molecule has 0 unspecified atom stereocenters. The van der Waals surface area contributed by atoms with Gasteiger partial charge in [-0.1, -0.05) is 18.5 Å². The molecule has 3 rings (SSSR count). The number of carbonyl (C=O) groups is 1. The third-order valence-electron chi connectivity index (χ3n) is 4.94. The molecule has 8 heteroatoms. The van der Waals surface area contributed by atoms with Gasteiger partial charge in [-0.2, -0.15) is 0 Å². The van der Waals surface area contributed by atoms with Crippen LogP contribution in [0.5, 0.6) is 0 Å². The number of hydrogen-bond donors (Lipinski definition) is 2. The maximum atomic E-state index is 12.3. The molecule has 2 aromatic rings. The summed E-state index contributed by atoms with van der Waals surface area (Å²) in [5.41, 5.74) is 0.483. The van der Waals surface area contributed by atoms with Crippen LogP contribution in [0.15, 0.2) is 23.0 Å². The normalized spacial score (nSPS) is 17.1. The van der Waals surface area contributed by atoms with Crippen LogP contribution in [0.3, 0.4) is 0 Å². The Morgan fingerprint density at radius 1 is 1.30 bits per heavy atom. The first-order chi connectivity index (χ1) is 12.9. The van der Waals surface area contributed by atoms with Crippen molar-refractivity contribution in [1.82, 2.24) is 25.1 Å². The topological polar surface area (TPSA) is 81.3 Å². The highest BCUT2D eigenvalue weighted by Gasteiger charge is 2.20. The summed E-state index contributed by atoms with van der Waals surface area (Å²) in [5.74, 6) is 0.731. The van der Waals surface area contributed by atoms with Crippen LogP contribution in [-0.4, -0.2) is 64.4 Å². The van der Waals surface area contributed by atoms with E-state index in [1.807, 2.05) is 6.92 Å². The summed E-state index contributed by atoms with van der Waals surface area (Å²) in [6, 6.07) is 5.35. The molecule has 1 atom stereocenters. The number of piperazine rings is 1. The van der Waals surface area contributed by atoms with Gasteiger partial charge in [-0.25, -0.2) is 4.98 Å². The maximum absolute atomic E-state index is 12.3. The van der Waals surface area contributed by atoms with Crippen LogP contribution in [0, 0.1) is 0 Å². The predicted molar refractivity (Wildman–Crippen MR) is 107 cm³/mol. The highest BCUT2D eigenvalue weighted by Crippen LogP contribution is 2.15. The van der Waals surface area contributed by atoms with Crippen LogP contribution in [0.2, 0.25) is 5.02 Å². The zero-order valence-corrected chi connectivity index (χ0v) is 16.6. The first kappa shape index (κ1) is 19.8. The molecule has 0 aliphatic carbocycles. The summed E-state index contributed by atoms with van der Waals surface area (Å²) in [4.78, 5) is 36.1. The second kappa shape index (κ2) is 8.82. The fourth-order valence-electron chi connectivity index (χ4n) is 3.18. The number of aromatic amines is 1. The zero-order valence-electron chi connectivity index (χ0n) is 15.8. The third kappa shape index (κ3) is 5.28. The van der Waals surface area contributed by atoms with Gasteiger partial charge in [-0.15, -0.1) is 0 Å². The van der Waals surface area contributed by atoms with E-state index in [1.54, 1.807) is 18.2 Å². The Hall–Kier alpha value is -1.96. The van der Waals surface area contributed by atoms with Crippen LogP contribution in [-0.2, 0) is 11.3 Å². The molecular weight excluding hydrogens is 366 g/mol. The molecule has 1 aliphatic heterocycles. The first-order valence-corrected chi connectivity index (χ1v) is 9.75. The zero-order chi connectivity index (χ0) is 19.4. The van der Waals surface area contributed by atoms with Gasteiger partial charge in [0.2, 0.25) is 5.91 Å². The smallest absolute Gasteiger partial charge is 0.258 e. The molecule has 0 spiro atoms. The molecular formula is C19H26ClN5O2. The lowest BCUT2D eigenvalue weighted by atomic mass is 10.2. The van der Waals surface area contributed by atoms with Gasteiger partial charge in [0, 0.05) is 37.2 Å². The average molecular weight is 392 g/mol. The number of halogens is 1. The number of nitrogens with one attached hydrogen (secondary N) is 2. The van der Waals surface area contributed by atoms with Gasteiger partial charge in [0.15, 0.2) is 0 Å². The van der Waals surface area contributed by atoms with Crippen LogP contribution < -0.4 is 10.9 Å². The number of benzene rings is 1. The Morgan fingerprint density at radius 3 is 2.70 bits per heavy atom. The lowest BCUT2D eigenvalue weighted by Crippen LogP contribution is -2.50. The van der Waals surface area contributed by atoms with Crippen molar-refractivity contribution in [2.75, 3.05) is 32.7 Å². The molecule has 1 amide bonds. The highest BCUT2D eigenvalue weighted by molar-refractivity contribution is 6.31. The quantitative estimate of drug-likeness (QED) is 0.781. The van der Waals surface area contributed by atoms with Crippen molar-refractivity contribution in [2.24, 2.45) is 0 Å². The molecule has 1 aromatic heterocycles. The summed E-state index contributed by atoms with van der Waals surface area (Å²) in [6.07, 6.45) is 0.933. The van der Waals surface area contributed by atoms with E-state index in [0.717, 1.165) is 32.6 Å². The minimum absolute atomic E-state index is 0.0805. The van der Waals surface area contributed by atoms with Crippen molar-refractivity contribution in [2.45, 2.75) is 32.9 Å². The minimum Gasteiger partial charge on any atom is -0.353 e. The van der Waals surface area contributed by atoms with E-state index in [-0.39, 0.29) is 17.5 Å². The number of nitrogens with zero attached hydrogens (tertiary/aromatic N) is 3. The van der Waals surface area contributed by atoms with Crippen molar-refractivity contribution in [3.63, 3.8) is 0 Å². The van der Waals surface area contributed by atoms with Crippen molar-refractivity contribution >= 4 is 28.4 Å². The third-order valence-corrected chi connectivity index (χ3v) is 5.18. The molecule has 2 N–H and O–H groups in total. The molecule has 0 saturated carbocycles. The van der Waals surface area contributed by atoms with Gasteiger partial charge in [0.25, 0.3) is 5.56 Å². The van der Waals surface area contributed by atoms with Gasteiger partial charge >= 0.3 is 0 Å². The Morgan fingerprint density at radius 2 is 2.00 bits per heavy atom. The lowest BCUT2D eigenvalue weighted by Gasteiger charge is -2.34. The monoisotopic (exact) mass is 391 g/mol. The van der Waals surface area contributed by atoms with Crippen molar-refractivity contribution in [3.05, 3.63) is 39.4 Å². The molecule has 0 radical (unpaired) electrons. The summed E-state index contributed by atoms with van der Waals surface area (Å²) in [6.45, 7) is 8.40. The van der Waals surface area contributed by atoms with Gasteiger partial charge in [-0.3, -0.25) is 19.4 Å². The van der Waals surface area contributed by atoms with E-state index in [9.17, 15) is 9.59 Å². The fourth-order valence-corrected chi connectivity index (χ4v) is 3.35. The van der Waals surface area contributed by atoms with Gasteiger partial charge < -0.3 is 10.3 Å². The molecule has 1 aliphatic rings. The molecule has 1 fully saturated rings. The summed E-state index contributed by atoms with van der Waals surface area (Å²) in [5, 5.41) is 4.03. The molecule has 7 nitrogen and oxygen atoms in total. The Balaban J connectivity index is 1.55. The van der Waals surface area contributed by atoms with Gasteiger partial charge in [-0.05, 0) is 31.5 Å². The van der Waals surface area contributed by atoms with Crippen LogP contribution in [0.4, 0.5) is 0 Å². The fraction of sp³-hybridized carbons (Fsp3) is 0.526. The largest absolute Gasteiger partial charge is 0.353 e. The highest BCUT2D eigenvalue weighted by atomic mass is 35.5. The van der Waals surface area contributed by atoms with E-state index in [4.69, 9.17) is 11.6 Å². The van der Waals surface area contributed by atoms with Crippen molar-refractivity contribution in [1.29, 1.82) is 0 Å². The average Bonchev–Trinajstić information content (AvgIpc) is 2.64. The van der Waals surface area contributed by atoms with Crippen LogP contribution >= 0.6 is 11.6 Å². The van der Waals surface area contributed by atoms with E-state index >= 15 is 0 Å². The number of fused-ring (bicyclic) bond motifs is 1. The number of H-pyrrole nitrogens is 1. The number of carbonyl (C=O) groups excluding carboxylic acids is 1. The van der Waals surface area contributed by atoms with Gasteiger partial charge in [0.05, 0.1) is 24.0 Å². The number of amides is 1. The number of rotatable bonds is 6.